The van der Waals surface area contributed by atoms with E-state index in [9.17, 15) is 13.2 Å². The molecular weight excluding hydrogens is 300 g/mol. The number of carbonyl (C=O) groups is 1. The molecule has 0 aromatic heterocycles. The minimum atomic E-state index is -3.36. The van der Waals surface area contributed by atoms with Crippen molar-refractivity contribution in [3.63, 3.8) is 0 Å². The lowest BCUT2D eigenvalue weighted by Gasteiger charge is -2.12. The predicted octanol–water partition coefficient (Wildman–Crippen LogP) is 0.699. The summed E-state index contributed by atoms with van der Waals surface area (Å²) in [5, 5.41) is 3.06. The Balaban J connectivity index is 2.46. The first kappa shape index (κ1) is 16.5. The number of likely N-dealkylation sites (N-methyl/N-ethyl adjacent to an activating group) is 1. The Labute approximate surface area is 124 Å². The molecule has 1 aromatic carbocycles. The Morgan fingerprint density at radius 3 is 2.65 bits per heavy atom. The number of hydrogen-bond donors (Lipinski definition) is 1. The van der Waals surface area contributed by atoms with Gasteiger partial charge in [-0.15, -0.1) is 0 Å². The Morgan fingerprint density at radius 1 is 1.40 bits per heavy atom. The molecule has 0 bridgehead atoms. The van der Waals surface area contributed by atoms with Crippen molar-refractivity contribution < 1.29 is 13.2 Å². The molecule has 1 N–H and O–H groups in total. The second-order valence-electron chi connectivity index (χ2n) is 4.08. The second kappa shape index (κ2) is 7.29. The molecule has 108 valence electrons. The maximum atomic E-state index is 11.5. The van der Waals surface area contributed by atoms with Crippen LogP contribution in [-0.2, 0) is 14.8 Å². The number of nitrogens with one attached hydrogen (secondary N) is 1. The molecule has 0 aliphatic carbocycles. The van der Waals surface area contributed by atoms with E-state index in [1.807, 2.05) is 6.07 Å². The minimum absolute atomic E-state index is 0.127. The molecule has 0 atom stereocenters. The summed E-state index contributed by atoms with van der Waals surface area (Å²) in [5.41, 5.74) is 0.677. The van der Waals surface area contributed by atoms with Crippen LogP contribution < -0.4 is 5.32 Å². The highest BCUT2D eigenvalue weighted by atomic mass is 35.5. The Hall–Kier alpha value is -1.55. The van der Waals surface area contributed by atoms with Crippen LogP contribution in [0.4, 0.5) is 0 Å². The predicted molar refractivity (Wildman–Crippen MR) is 78.8 cm³/mol. The second-order valence-corrected chi connectivity index (χ2v) is 6.57. The van der Waals surface area contributed by atoms with Crippen LogP contribution in [0.2, 0.25) is 5.02 Å². The number of halogens is 1. The molecule has 0 spiro atoms. The standard InChI is InChI=1S/C13H15ClN2O3S/c1-16(20(2,18)19)10-13(17)15-9-5-7-11-6-3-4-8-12(11)14/h3-4,6,8H,9-10H2,1-2H3,(H,15,17). The van der Waals surface area contributed by atoms with E-state index in [-0.39, 0.29) is 13.1 Å². The average Bonchev–Trinajstić information content (AvgIpc) is 2.35. The van der Waals surface area contributed by atoms with Crippen molar-refractivity contribution in [2.45, 2.75) is 0 Å². The number of nitrogens with zero attached hydrogens (tertiary/aromatic N) is 1. The van der Waals surface area contributed by atoms with Crippen molar-refractivity contribution in [1.29, 1.82) is 0 Å². The Kier molecular flexibility index (Phi) is 6.02. The molecule has 0 fully saturated rings. The third-order valence-corrected chi connectivity index (χ3v) is 3.99. The highest BCUT2D eigenvalue weighted by molar-refractivity contribution is 7.88. The van der Waals surface area contributed by atoms with Gasteiger partial charge in [0.1, 0.15) is 0 Å². The fraction of sp³-hybridized carbons (Fsp3) is 0.308. The number of rotatable bonds is 4. The quantitative estimate of drug-likeness (QED) is 0.832. The summed E-state index contributed by atoms with van der Waals surface area (Å²) in [7, 11) is -2.02. The van der Waals surface area contributed by atoms with Gasteiger partial charge in [-0.05, 0) is 12.1 Å². The van der Waals surface area contributed by atoms with Gasteiger partial charge in [0.2, 0.25) is 15.9 Å². The van der Waals surface area contributed by atoms with Gasteiger partial charge < -0.3 is 5.32 Å². The van der Waals surface area contributed by atoms with Crippen LogP contribution in [0.25, 0.3) is 0 Å². The van der Waals surface area contributed by atoms with Crippen LogP contribution in [-0.4, -0.2) is 45.0 Å². The molecule has 7 heteroatoms. The van der Waals surface area contributed by atoms with Crippen LogP contribution in [0, 0.1) is 11.8 Å². The van der Waals surface area contributed by atoms with E-state index in [1.165, 1.54) is 7.05 Å². The lowest BCUT2D eigenvalue weighted by molar-refractivity contribution is -0.120. The molecule has 1 aromatic rings. The highest BCUT2D eigenvalue weighted by Crippen LogP contribution is 2.12. The summed E-state index contributed by atoms with van der Waals surface area (Å²) in [6.45, 7) is -0.103. The van der Waals surface area contributed by atoms with Gasteiger partial charge in [0, 0.05) is 12.6 Å². The van der Waals surface area contributed by atoms with Crippen molar-refractivity contribution in [3.05, 3.63) is 34.9 Å². The summed E-state index contributed by atoms with van der Waals surface area (Å²) < 4.78 is 23.2. The number of carbonyl (C=O) groups excluding carboxylic acids is 1. The number of amides is 1. The average molecular weight is 315 g/mol. The zero-order chi connectivity index (χ0) is 15.2. The molecule has 0 aliphatic heterocycles. The monoisotopic (exact) mass is 314 g/mol. The molecule has 0 saturated heterocycles. The van der Waals surface area contributed by atoms with Crippen LogP contribution in [0.5, 0.6) is 0 Å². The van der Waals surface area contributed by atoms with E-state index in [0.717, 1.165) is 10.6 Å². The molecule has 20 heavy (non-hydrogen) atoms. The molecule has 0 aliphatic rings. The SMILES string of the molecule is CN(CC(=O)NCC#Cc1ccccc1Cl)S(C)(=O)=O. The fourth-order valence-corrected chi connectivity index (χ4v) is 1.75. The molecule has 1 amide bonds. The number of hydrogen-bond acceptors (Lipinski definition) is 3. The first-order valence-electron chi connectivity index (χ1n) is 5.72. The minimum Gasteiger partial charge on any atom is -0.344 e. The normalized spacial score (nSPS) is 10.8. The zero-order valence-electron chi connectivity index (χ0n) is 11.2. The summed E-state index contributed by atoms with van der Waals surface area (Å²) in [5.74, 6) is 5.16. The van der Waals surface area contributed by atoms with Gasteiger partial charge in [0.05, 0.1) is 24.4 Å². The van der Waals surface area contributed by atoms with Gasteiger partial charge >= 0.3 is 0 Å². The van der Waals surface area contributed by atoms with Crippen LogP contribution in [0.15, 0.2) is 24.3 Å². The van der Waals surface area contributed by atoms with Crippen LogP contribution >= 0.6 is 11.6 Å². The van der Waals surface area contributed by atoms with Gasteiger partial charge in [-0.3, -0.25) is 4.79 Å². The maximum Gasteiger partial charge on any atom is 0.236 e. The van der Waals surface area contributed by atoms with Crippen molar-refractivity contribution in [2.75, 3.05) is 26.4 Å². The summed E-state index contributed by atoms with van der Waals surface area (Å²) >= 11 is 5.92. The van der Waals surface area contributed by atoms with Crippen LogP contribution in [0.1, 0.15) is 5.56 Å². The molecule has 0 heterocycles. The highest BCUT2D eigenvalue weighted by Gasteiger charge is 2.14. The molecule has 5 nitrogen and oxygen atoms in total. The summed E-state index contributed by atoms with van der Waals surface area (Å²) in [4.78, 5) is 11.5. The zero-order valence-corrected chi connectivity index (χ0v) is 12.8. The third-order valence-electron chi connectivity index (χ3n) is 2.40. The van der Waals surface area contributed by atoms with E-state index in [2.05, 4.69) is 17.2 Å². The van der Waals surface area contributed by atoms with Gasteiger partial charge in [-0.1, -0.05) is 35.6 Å². The summed E-state index contributed by atoms with van der Waals surface area (Å²) in [6, 6.07) is 7.12. The lowest BCUT2D eigenvalue weighted by Crippen LogP contribution is -2.37. The molecule has 1 rings (SSSR count). The van der Waals surface area contributed by atoms with E-state index >= 15 is 0 Å². The largest absolute Gasteiger partial charge is 0.344 e. The molecular formula is C13H15ClN2O3S. The van der Waals surface area contributed by atoms with Gasteiger partial charge in [0.25, 0.3) is 0 Å². The number of benzene rings is 1. The van der Waals surface area contributed by atoms with E-state index in [1.54, 1.807) is 18.2 Å². The molecule has 0 saturated carbocycles. The lowest BCUT2D eigenvalue weighted by atomic mass is 10.2. The smallest absolute Gasteiger partial charge is 0.236 e. The van der Waals surface area contributed by atoms with Gasteiger partial charge in [-0.2, -0.15) is 4.31 Å². The first-order chi connectivity index (χ1) is 9.30. The topological polar surface area (TPSA) is 66.5 Å². The maximum absolute atomic E-state index is 11.5. The van der Waals surface area contributed by atoms with Crippen molar-refractivity contribution in [2.24, 2.45) is 0 Å². The fourth-order valence-electron chi connectivity index (χ4n) is 1.22. The van der Waals surface area contributed by atoms with E-state index < -0.39 is 15.9 Å². The molecule has 0 unspecified atom stereocenters. The van der Waals surface area contributed by atoms with Crippen molar-refractivity contribution in [1.82, 2.24) is 9.62 Å². The van der Waals surface area contributed by atoms with Crippen molar-refractivity contribution in [3.8, 4) is 11.8 Å². The third kappa shape index (κ3) is 5.61. The first-order valence-corrected chi connectivity index (χ1v) is 7.94. The van der Waals surface area contributed by atoms with Crippen molar-refractivity contribution >= 4 is 27.5 Å². The Bertz CT molecular complexity index is 647. The molecule has 0 radical (unpaired) electrons. The van der Waals surface area contributed by atoms with E-state index in [4.69, 9.17) is 11.6 Å². The summed E-state index contributed by atoms with van der Waals surface area (Å²) in [6.07, 6.45) is 1.04. The van der Waals surface area contributed by atoms with E-state index in [0.29, 0.717) is 10.6 Å². The van der Waals surface area contributed by atoms with Gasteiger partial charge in [0.15, 0.2) is 0 Å². The Morgan fingerprint density at radius 2 is 2.05 bits per heavy atom. The number of sulfonamides is 1. The van der Waals surface area contributed by atoms with Crippen LogP contribution in [0.3, 0.4) is 0 Å². The van der Waals surface area contributed by atoms with Gasteiger partial charge in [-0.25, -0.2) is 8.42 Å².